The summed E-state index contributed by atoms with van der Waals surface area (Å²) >= 11 is 1.52. The molecule has 1 amide bonds. The van der Waals surface area contributed by atoms with Crippen molar-refractivity contribution in [2.75, 3.05) is 32.8 Å². The van der Waals surface area contributed by atoms with Gasteiger partial charge in [-0.2, -0.15) is 11.8 Å². The topological polar surface area (TPSA) is 67.8 Å². The molecule has 112 valence electrons. The molecule has 0 aromatic heterocycles. The maximum Gasteiger partial charge on any atom is 0.258 e. The molecular formula is C14H21NO4S. The van der Waals surface area contributed by atoms with Gasteiger partial charge in [0, 0.05) is 12.3 Å². The van der Waals surface area contributed by atoms with E-state index in [0.717, 1.165) is 0 Å². The molecule has 0 fully saturated rings. The van der Waals surface area contributed by atoms with Crippen LogP contribution in [0, 0.1) is 0 Å². The minimum Gasteiger partial charge on any atom is -0.496 e. The highest BCUT2D eigenvalue weighted by atomic mass is 32.2. The predicted octanol–water partition coefficient (Wildman–Crippen LogP) is 1.55. The fourth-order valence-electron chi connectivity index (χ4n) is 1.80. The zero-order valence-corrected chi connectivity index (χ0v) is 13.0. The van der Waals surface area contributed by atoms with E-state index in [1.807, 2.05) is 6.26 Å². The Morgan fingerprint density at radius 2 is 1.90 bits per heavy atom. The van der Waals surface area contributed by atoms with Crippen LogP contribution in [0.2, 0.25) is 0 Å². The number of carbonyl (C=O) groups excluding carboxylic acids is 1. The summed E-state index contributed by atoms with van der Waals surface area (Å²) in [6.07, 6.45) is 1.90. The second-order valence-electron chi connectivity index (χ2n) is 4.65. The summed E-state index contributed by atoms with van der Waals surface area (Å²) in [5.74, 6) is 1.08. The van der Waals surface area contributed by atoms with E-state index in [-0.39, 0.29) is 12.5 Å². The van der Waals surface area contributed by atoms with Crippen LogP contribution >= 0.6 is 11.8 Å². The van der Waals surface area contributed by atoms with Crippen molar-refractivity contribution in [3.05, 3.63) is 23.8 Å². The molecule has 0 aliphatic rings. The quantitative estimate of drug-likeness (QED) is 0.799. The van der Waals surface area contributed by atoms with Gasteiger partial charge < -0.3 is 19.9 Å². The van der Waals surface area contributed by atoms with Crippen molar-refractivity contribution in [3.63, 3.8) is 0 Å². The van der Waals surface area contributed by atoms with Gasteiger partial charge >= 0.3 is 0 Å². The number of thioether (sulfide) groups is 1. The molecule has 0 saturated heterocycles. The van der Waals surface area contributed by atoms with Crippen LogP contribution in [0.4, 0.5) is 0 Å². The minimum atomic E-state index is -0.954. The van der Waals surface area contributed by atoms with Crippen molar-refractivity contribution in [1.82, 2.24) is 5.32 Å². The second kappa shape index (κ2) is 7.40. The highest BCUT2D eigenvalue weighted by Crippen LogP contribution is 2.28. The van der Waals surface area contributed by atoms with Gasteiger partial charge in [0.05, 0.1) is 19.8 Å². The molecule has 5 nitrogen and oxygen atoms in total. The second-order valence-corrected chi connectivity index (χ2v) is 5.52. The minimum absolute atomic E-state index is 0.161. The molecule has 0 radical (unpaired) electrons. The van der Waals surface area contributed by atoms with E-state index >= 15 is 0 Å². The molecule has 0 saturated carbocycles. The summed E-state index contributed by atoms with van der Waals surface area (Å²) in [7, 11) is 2.99. The first-order chi connectivity index (χ1) is 9.45. The highest BCUT2D eigenvalue weighted by molar-refractivity contribution is 7.98. The number of hydrogen-bond donors (Lipinski definition) is 2. The third kappa shape index (κ3) is 4.31. The molecule has 0 spiro atoms. The van der Waals surface area contributed by atoms with Crippen molar-refractivity contribution in [3.8, 4) is 11.5 Å². The Morgan fingerprint density at radius 1 is 1.35 bits per heavy atom. The van der Waals surface area contributed by atoms with E-state index in [2.05, 4.69) is 5.32 Å². The normalized spacial score (nSPS) is 13.4. The molecule has 6 heteroatoms. The van der Waals surface area contributed by atoms with Gasteiger partial charge in [-0.1, -0.05) is 6.07 Å². The van der Waals surface area contributed by atoms with E-state index in [1.54, 1.807) is 25.1 Å². The number of rotatable bonds is 7. The summed E-state index contributed by atoms with van der Waals surface area (Å²) in [5, 5.41) is 12.8. The maximum absolute atomic E-state index is 12.3. The van der Waals surface area contributed by atoms with Gasteiger partial charge in [0.1, 0.15) is 17.1 Å². The Hall–Kier alpha value is -1.40. The van der Waals surface area contributed by atoms with Crippen LogP contribution in [0.1, 0.15) is 17.3 Å². The average Bonchev–Trinajstić information content (AvgIpc) is 2.43. The maximum atomic E-state index is 12.3. The Kier molecular flexibility index (Phi) is 6.16. The van der Waals surface area contributed by atoms with Crippen LogP contribution in [0.3, 0.4) is 0 Å². The van der Waals surface area contributed by atoms with Crippen LogP contribution in [-0.2, 0) is 0 Å². The molecule has 0 aliphatic heterocycles. The van der Waals surface area contributed by atoms with Gasteiger partial charge in [-0.15, -0.1) is 0 Å². The van der Waals surface area contributed by atoms with Gasteiger partial charge in [-0.25, -0.2) is 0 Å². The number of carbonyl (C=O) groups is 1. The largest absolute Gasteiger partial charge is 0.496 e. The predicted molar refractivity (Wildman–Crippen MR) is 80.9 cm³/mol. The van der Waals surface area contributed by atoms with Gasteiger partial charge in [0.25, 0.3) is 5.91 Å². The van der Waals surface area contributed by atoms with Crippen molar-refractivity contribution in [2.45, 2.75) is 12.5 Å². The number of methoxy groups -OCH3 is 2. The SMILES string of the molecule is COc1cccc(OC)c1C(=O)NCC(C)(O)CSC. The summed E-state index contributed by atoms with van der Waals surface area (Å²) in [5.41, 5.74) is -0.623. The smallest absolute Gasteiger partial charge is 0.258 e. The zero-order chi connectivity index (χ0) is 15.2. The third-order valence-electron chi connectivity index (χ3n) is 2.74. The fraction of sp³-hybridized carbons (Fsp3) is 0.500. The molecule has 0 bridgehead atoms. The molecule has 1 unspecified atom stereocenters. The molecule has 1 atom stereocenters. The molecule has 1 aromatic carbocycles. The molecule has 0 heterocycles. The van der Waals surface area contributed by atoms with Gasteiger partial charge in [0.15, 0.2) is 0 Å². The summed E-state index contributed by atoms with van der Waals surface area (Å²) in [6, 6.07) is 5.13. The van der Waals surface area contributed by atoms with Gasteiger partial charge in [-0.3, -0.25) is 4.79 Å². The first-order valence-corrected chi connectivity index (χ1v) is 7.55. The summed E-state index contributed by atoms with van der Waals surface area (Å²) in [4.78, 5) is 12.3. The lowest BCUT2D eigenvalue weighted by Crippen LogP contribution is -2.42. The molecule has 20 heavy (non-hydrogen) atoms. The summed E-state index contributed by atoms with van der Waals surface area (Å²) < 4.78 is 10.4. The van der Waals surface area contributed by atoms with Crippen molar-refractivity contribution < 1.29 is 19.4 Å². The Morgan fingerprint density at radius 3 is 2.35 bits per heavy atom. The summed E-state index contributed by atoms with van der Waals surface area (Å²) in [6.45, 7) is 1.84. The number of nitrogens with one attached hydrogen (secondary N) is 1. The average molecular weight is 299 g/mol. The number of aliphatic hydroxyl groups is 1. The highest BCUT2D eigenvalue weighted by Gasteiger charge is 2.23. The van der Waals surface area contributed by atoms with Crippen LogP contribution in [0.5, 0.6) is 11.5 Å². The number of hydrogen-bond acceptors (Lipinski definition) is 5. The van der Waals surface area contributed by atoms with E-state index < -0.39 is 5.60 Å². The van der Waals surface area contributed by atoms with E-state index in [9.17, 15) is 9.90 Å². The van der Waals surface area contributed by atoms with Crippen molar-refractivity contribution in [2.24, 2.45) is 0 Å². The fourth-order valence-corrected chi connectivity index (χ4v) is 2.52. The van der Waals surface area contributed by atoms with Crippen LogP contribution in [0.15, 0.2) is 18.2 Å². The van der Waals surface area contributed by atoms with E-state index in [1.165, 1.54) is 26.0 Å². The number of ether oxygens (including phenoxy) is 2. The lowest BCUT2D eigenvalue weighted by Gasteiger charge is -2.23. The lowest BCUT2D eigenvalue weighted by molar-refractivity contribution is 0.0721. The standard InChI is InChI=1S/C14H21NO4S/c1-14(17,9-20-4)8-15-13(16)12-10(18-2)6-5-7-11(12)19-3/h5-7,17H,8-9H2,1-4H3,(H,15,16). The number of amides is 1. The number of benzene rings is 1. The van der Waals surface area contributed by atoms with Crippen LogP contribution < -0.4 is 14.8 Å². The first kappa shape index (κ1) is 16.7. The lowest BCUT2D eigenvalue weighted by atomic mass is 10.1. The Labute approximate surface area is 123 Å². The van der Waals surface area contributed by atoms with Crippen LogP contribution in [0.25, 0.3) is 0 Å². The first-order valence-electron chi connectivity index (χ1n) is 6.15. The molecule has 2 N–H and O–H groups in total. The van der Waals surface area contributed by atoms with Gasteiger partial charge in [-0.05, 0) is 25.3 Å². The Bertz CT molecular complexity index is 440. The zero-order valence-electron chi connectivity index (χ0n) is 12.2. The monoisotopic (exact) mass is 299 g/mol. The van der Waals surface area contributed by atoms with Gasteiger partial charge in [0.2, 0.25) is 0 Å². The molecular weight excluding hydrogens is 278 g/mol. The molecule has 1 aromatic rings. The molecule has 1 rings (SSSR count). The Balaban J connectivity index is 2.87. The van der Waals surface area contributed by atoms with Crippen LogP contribution in [-0.4, -0.2) is 49.4 Å². The van der Waals surface area contributed by atoms with Crippen molar-refractivity contribution >= 4 is 17.7 Å². The van der Waals surface area contributed by atoms with E-state index in [0.29, 0.717) is 22.8 Å². The van der Waals surface area contributed by atoms with E-state index in [4.69, 9.17) is 9.47 Å². The van der Waals surface area contributed by atoms with Crippen molar-refractivity contribution in [1.29, 1.82) is 0 Å². The third-order valence-corrected chi connectivity index (χ3v) is 3.65. The molecule has 0 aliphatic carbocycles.